The summed E-state index contributed by atoms with van der Waals surface area (Å²) < 4.78 is 5.78. The lowest BCUT2D eigenvalue weighted by atomic mass is 10.0. The minimum absolute atomic E-state index is 0.595. The predicted octanol–water partition coefficient (Wildman–Crippen LogP) is 1.87. The number of hydrogen-bond acceptors (Lipinski definition) is 1. The smallest absolute Gasteiger partial charge is 0.137 e. The summed E-state index contributed by atoms with van der Waals surface area (Å²) in [5, 5.41) is 0. The van der Waals surface area contributed by atoms with Crippen molar-refractivity contribution in [2.45, 2.75) is 32.6 Å². The maximum Gasteiger partial charge on any atom is 0.137 e. The van der Waals surface area contributed by atoms with E-state index in [2.05, 4.69) is 38.1 Å². The minimum atomic E-state index is 0.595. The molecule has 1 N–H and O–H groups in total. The normalized spacial score (nSPS) is 16.6. The first-order valence-corrected chi connectivity index (χ1v) is 6.82. The third kappa shape index (κ3) is 3.74. The average Bonchev–Trinajstić information content (AvgIpc) is 2.83. The second-order valence-electron chi connectivity index (χ2n) is 5.28. The Morgan fingerprint density at radius 1 is 1.12 bits per heavy atom. The number of likely N-dealkylation sites (tertiary alicyclic amines) is 1. The van der Waals surface area contributed by atoms with Gasteiger partial charge in [0.2, 0.25) is 0 Å². The Hall–Kier alpha value is -1.02. The van der Waals surface area contributed by atoms with E-state index in [9.17, 15) is 0 Å². The van der Waals surface area contributed by atoms with Crippen LogP contribution in [0.3, 0.4) is 0 Å². The van der Waals surface area contributed by atoms with Crippen LogP contribution in [0.5, 0.6) is 5.75 Å². The number of ether oxygens (including phenoxy) is 1. The van der Waals surface area contributed by atoms with Crippen molar-refractivity contribution in [3.05, 3.63) is 29.8 Å². The zero-order valence-corrected chi connectivity index (χ0v) is 11.0. The minimum Gasteiger partial charge on any atom is -0.488 e. The Kier molecular flexibility index (Phi) is 4.43. The lowest BCUT2D eigenvalue weighted by Crippen LogP contribution is -3.10. The van der Waals surface area contributed by atoms with Gasteiger partial charge in [-0.1, -0.05) is 26.0 Å². The Bertz CT molecular complexity index is 325. The van der Waals surface area contributed by atoms with Crippen LogP contribution in [0.4, 0.5) is 0 Å². The molecule has 0 aromatic heterocycles. The molecule has 1 heterocycles. The Balaban J connectivity index is 1.74. The molecule has 1 aromatic carbocycles. The number of benzene rings is 1. The van der Waals surface area contributed by atoms with Crippen molar-refractivity contribution in [1.29, 1.82) is 0 Å². The van der Waals surface area contributed by atoms with Gasteiger partial charge in [0, 0.05) is 12.8 Å². The van der Waals surface area contributed by atoms with Crippen LogP contribution < -0.4 is 9.64 Å². The summed E-state index contributed by atoms with van der Waals surface area (Å²) in [7, 11) is 0. The largest absolute Gasteiger partial charge is 0.488 e. The highest BCUT2D eigenvalue weighted by Gasteiger charge is 2.14. The molecule has 2 nitrogen and oxygen atoms in total. The topological polar surface area (TPSA) is 13.7 Å². The third-order valence-electron chi connectivity index (χ3n) is 3.58. The van der Waals surface area contributed by atoms with E-state index in [-0.39, 0.29) is 0 Å². The molecule has 0 aliphatic carbocycles. The molecule has 0 atom stereocenters. The summed E-state index contributed by atoms with van der Waals surface area (Å²) in [4.78, 5) is 1.70. The molecule has 1 saturated heterocycles. The van der Waals surface area contributed by atoms with E-state index in [1.54, 1.807) is 4.90 Å². The van der Waals surface area contributed by atoms with Gasteiger partial charge in [-0.25, -0.2) is 0 Å². The van der Waals surface area contributed by atoms with Crippen molar-refractivity contribution in [3.63, 3.8) is 0 Å². The van der Waals surface area contributed by atoms with Gasteiger partial charge in [-0.05, 0) is 23.6 Å². The van der Waals surface area contributed by atoms with Crippen molar-refractivity contribution in [3.8, 4) is 5.75 Å². The second-order valence-corrected chi connectivity index (χ2v) is 5.28. The third-order valence-corrected chi connectivity index (χ3v) is 3.58. The zero-order chi connectivity index (χ0) is 12.1. The van der Waals surface area contributed by atoms with Crippen LogP contribution in [0.2, 0.25) is 0 Å². The first kappa shape index (κ1) is 12.4. The fourth-order valence-electron chi connectivity index (χ4n) is 2.39. The maximum atomic E-state index is 5.78. The number of nitrogens with one attached hydrogen (secondary N) is 1. The van der Waals surface area contributed by atoms with Gasteiger partial charge in [-0.3, -0.25) is 0 Å². The molecule has 0 spiro atoms. The van der Waals surface area contributed by atoms with E-state index in [1.165, 1.54) is 31.5 Å². The monoisotopic (exact) mass is 234 g/mol. The Morgan fingerprint density at radius 2 is 1.76 bits per heavy atom. The van der Waals surface area contributed by atoms with Gasteiger partial charge in [0.15, 0.2) is 0 Å². The maximum absolute atomic E-state index is 5.78. The zero-order valence-electron chi connectivity index (χ0n) is 11.0. The van der Waals surface area contributed by atoms with Crippen LogP contribution in [0, 0.1) is 0 Å². The summed E-state index contributed by atoms with van der Waals surface area (Å²) in [6.07, 6.45) is 2.77. The molecule has 0 radical (unpaired) electrons. The summed E-state index contributed by atoms with van der Waals surface area (Å²) in [5.41, 5.74) is 1.38. The summed E-state index contributed by atoms with van der Waals surface area (Å²) in [6, 6.07) is 8.52. The molecule has 17 heavy (non-hydrogen) atoms. The van der Waals surface area contributed by atoms with E-state index in [4.69, 9.17) is 4.74 Å². The Morgan fingerprint density at radius 3 is 2.35 bits per heavy atom. The van der Waals surface area contributed by atoms with Gasteiger partial charge in [0.25, 0.3) is 0 Å². The van der Waals surface area contributed by atoms with E-state index in [0.29, 0.717) is 5.92 Å². The summed E-state index contributed by atoms with van der Waals surface area (Å²) in [5.74, 6) is 1.60. The van der Waals surface area contributed by atoms with Crippen LogP contribution in [0.15, 0.2) is 24.3 Å². The lowest BCUT2D eigenvalue weighted by molar-refractivity contribution is -0.887. The summed E-state index contributed by atoms with van der Waals surface area (Å²) in [6.45, 7) is 9.08. The van der Waals surface area contributed by atoms with Gasteiger partial charge in [-0.2, -0.15) is 0 Å². The Labute approximate surface area is 105 Å². The van der Waals surface area contributed by atoms with Crippen LogP contribution in [-0.2, 0) is 0 Å². The number of rotatable bonds is 5. The molecule has 0 amide bonds. The molecular formula is C15H24NO+. The van der Waals surface area contributed by atoms with Gasteiger partial charge >= 0.3 is 0 Å². The van der Waals surface area contributed by atoms with Gasteiger partial charge in [0.05, 0.1) is 13.1 Å². The number of quaternary nitrogens is 1. The van der Waals surface area contributed by atoms with Crippen molar-refractivity contribution < 1.29 is 9.64 Å². The standard InChI is InChI=1S/C15H23NO/c1-13(2)14-5-7-15(8-6-14)17-12-11-16-9-3-4-10-16/h5-8,13H,3-4,9-12H2,1-2H3/p+1. The first-order valence-electron chi connectivity index (χ1n) is 6.82. The van der Waals surface area contributed by atoms with Gasteiger partial charge < -0.3 is 9.64 Å². The van der Waals surface area contributed by atoms with Crippen LogP contribution in [0.25, 0.3) is 0 Å². The molecule has 1 aromatic rings. The molecule has 0 unspecified atom stereocenters. The molecule has 94 valence electrons. The van der Waals surface area contributed by atoms with Crippen molar-refractivity contribution in [1.82, 2.24) is 0 Å². The number of hydrogen-bond donors (Lipinski definition) is 1. The second kappa shape index (κ2) is 6.06. The fourth-order valence-corrected chi connectivity index (χ4v) is 2.39. The van der Waals surface area contributed by atoms with E-state index in [1.807, 2.05) is 0 Å². The molecule has 0 saturated carbocycles. The molecule has 0 bridgehead atoms. The highest BCUT2D eigenvalue weighted by atomic mass is 16.5. The van der Waals surface area contributed by atoms with Crippen LogP contribution >= 0.6 is 0 Å². The molecule has 1 aliphatic heterocycles. The lowest BCUT2D eigenvalue weighted by Gasteiger charge is -2.13. The molecular weight excluding hydrogens is 210 g/mol. The highest BCUT2D eigenvalue weighted by Crippen LogP contribution is 2.18. The molecule has 2 heteroatoms. The molecule has 1 aliphatic rings. The van der Waals surface area contributed by atoms with E-state index >= 15 is 0 Å². The van der Waals surface area contributed by atoms with Crippen molar-refractivity contribution >= 4 is 0 Å². The quantitative estimate of drug-likeness (QED) is 0.821. The van der Waals surface area contributed by atoms with Gasteiger partial charge in [0.1, 0.15) is 18.9 Å². The van der Waals surface area contributed by atoms with Crippen LogP contribution in [-0.4, -0.2) is 26.2 Å². The predicted molar refractivity (Wildman–Crippen MR) is 70.8 cm³/mol. The van der Waals surface area contributed by atoms with Crippen molar-refractivity contribution in [2.75, 3.05) is 26.2 Å². The fraction of sp³-hybridized carbons (Fsp3) is 0.600. The SMILES string of the molecule is CC(C)c1ccc(OCC[NH+]2CCCC2)cc1. The summed E-state index contributed by atoms with van der Waals surface area (Å²) >= 11 is 0. The van der Waals surface area contributed by atoms with Gasteiger partial charge in [-0.15, -0.1) is 0 Å². The average molecular weight is 234 g/mol. The van der Waals surface area contributed by atoms with E-state index in [0.717, 1.165) is 18.9 Å². The van der Waals surface area contributed by atoms with Crippen molar-refractivity contribution in [2.24, 2.45) is 0 Å². The highest BCUT2D eigenvalue weighted by molar-refractivity contribution is 5.28. The first-order chi connectivity index (χ1) is 8.25. The molecule has 1 fully saturated rings. The van der Waals surface area contributed by atoms with E-state index < -0.39 is 0 Å². The van der Waals surface area contributed by atoms with Crippen LogP contribution in [0.1, 0.15) is 38.2 Å². The molecule has 2 rings (SSSR count).